The average molecular weight is 314 g/mol. The van der Waals surface area contributed by atoms with Gasteiger partial charge in [-0.15, -0.1) is 0 Å². The third kappa shape index (κ3) is 3.13. The van der Waals surface area contributed by atoms with Gasteiger partial charge in [0.2, 0.25) is 0 Å². The van der Waals surface area contributed by atoms with E-state index in [4.69, 9.17) is 5.11 Å². The Labute approximate surface area is 108 Å². The van der Waals surface area contributed by atoms with Crippen molar-refractivity contribution in [2.24, 2.45) is 0 Å². The molecule has 18 heavy (non-hydrogen) atoms. The number of rotatable bonds is 5. The Hall–Kier alpha value is -1.76. The number of nitrogens with one attached hydrogen (secondary N) is 1. The zero-order valence-electron chi connectivity index (χ0n) is 9.12. The van der Waals surface area contributed by atoms with Gasteiger partial charge in [-0.05, 0) is 0 Å². The molecule has 0 aliphatic carbocycles. The molecular formula is C10H9N3O4Se. The number of carbonyl (C=O) groups is 2. The summed E-state index contributed by atoms with van der Waals surface area (Å²) < 4.78 is 13.1. The summed E-state index contributed by atoms with van der Waals surface area (Å²) in [4.78, 5) is 21.7. The van der Waals surface area contributed by atoms with Crippen LogP contribution in [0.2, 0.25) is 0 Å². The number of amides is 1. The first-order chi connectivity index (χ1) is 8.66. The zero-order chi connectivity index (χ0) is 13.0. The number of aliphatic carboxylic acids is 1. The Morgan fingerprint density at radius 3 is 2.94 bits per heavy atom. The van der Waals surface area contributed by atoms with Crippen molar-refractivity contribution >= 4 is 43.6 Å². The van der Waals surface area contributed by atoms with Crippen molar-refractivity contribution in [3.05, 3.63) is 18.2 Å². The third-order valence-corrected chi connectivity index (χ3v) is 3.16. The Bertz CT molecular complexity index is 583. The average Bonchev–Trinajstić information content (AvgIpc) is 2.77. The van der Waals surface area contributed by atoms with Crippen LogP contribution in [-0.4, -0.2) is 53.1 Å². The van der Waals surface area contributed by atoms with Gasteiger partial charge in [0, 0.05) is 0 Å². The predicted molar refractivity (Wildman–Crippen MR) is 63.6 cm³/mol. The van der Waals surface area contributed by atoms with E-state index in [1.54, 1.807) is 12.1 Å². The van der Waals surface area contributed by atoms with Crippen LogP contribution in [0.1, 0.15) is 0 Å². The molecular weight excluding hydrogens is 305 g/mol. The molecule has 0 aliphatic heterocycles. The molecule has 1 aromatic heterocycles. The minimum atomic E-state index is -1.11. The number of carboxylic acids is 1. The normalized spacial score (nSPS) is 10.4. The molecule has 0 saturated carbocycles. The molecule has 2 N–H and O–H groups in total. The first-order valence-electron chi connectivity index (χ1n) is 4.97. The summed E-state index contributed by atoms with van der Waals surface area (Å²) in [5.41, 5.74) is 2.00. The first kappa shape index (κ1) is 12.7. The minimum absolute atomic E-state index is 0.164. The number of hydrogen-bond donors (Lipinski definition) is 2. The number of nitrogens with zero attached hydrogens (tertiary/aromatic N) is 2. The molecule has 8 heteroatoms. The fourth-order valence-electron chi connectivity index (χ4n) is 1.32. The molecule has 1 amide bonds. The molecule has 0 aliphatic rings. The van der Waals surface area contributed by atoms with Gasteiger partial charge in [-0.25, -0.2) is 0 Å². The van der Waals surface area contributed by atoms with E-state index in [0.29, 0.717) is 11.2 Å². The van der Waals surface area contributed by atoms with Gasteiger partial charge in [0.05, 0.1) is 0 Å². The summed E-state index contributed by atoms with van der Waals surface area (Å²) in [6.45, 7) is -0.804. The van der Waals surface area contributed by atoms with Crippen molar-refractivity contribution in [2.45, 2.75) is 0 Å². The second-order valence-corrected chi connectivity index (χ2v) is 4.48. The Kier molecular flexibility index (Phi) is 4.03. The fourth-order valence-corrected chi connectivity index (χ4v) is 2.48. The van der Waals surface area contributed by atoms with E-state index in [-0.39, 0.29) is 21.6 Å². The number of carboxylic acid groups (broad SMARTS) is 1. The summed E-state index contributed by atoms with van der Waals surface area (Å²) in [6.07, 6.45) is 0. The number of anilines is 1. The maximum absolute atomic E-state index is 11.5. The van der Waals surface area contributed by atoms with Gasteiger partial charge < -0.3 is 0 Å². The molecule has 0 atom stereocenters. The number of aromatic nitrogens is 2. The monoisotopic (exact) mass is 315 g/mol. The number of hydrogen-bond acceptors (Lipinski definition) is 5. The molecule has 0 radical (unpaired) electrons. The van der Waals surface area contributed by atoms with E-state index in [9.17, 15) is 9.59 Å². The van der Waals surface area contributed by atoms with Crippen LogP contribution in [0.4, 0.5) is 5.69 Å². The molecule has 0 bridgehead atoms. The molecule has 7 nitrogen and oxygen atoms in total. The topological polar surface area (TPSA) is 101 Å². The van der Waals surface area contributed by atoms with Crippen LogP contribution < -0.4 is 5.32 Å². The second-order valence-electron chi connectivity index (χ2n) is 3.37. The Balaban J connectivity index is 1.98. The molecule has 2 aromatic rings. The number of benzene rings is 1. The van der Waals surface area contributed by atoms with Crippen LogP contribution in [0.5, 0.6) is 0 Å². The van der Waals surface area contributed by atoms with Crippen LogP contribution in [0.25, 0.3) is 11.0 Å². The fraction of sp³-hybridized carbons (Fsp3) is 0.200. The SMILES string of the molecule is O=C(O)COCC(=O)Nc1cccc2n[se]nc12. The second kappa shape index (κ2) is 5.72. The molecule has 94 valence electrons. The van der Waals surface area contributed by atoms with Gasteiger partial charge in [-0.3, -0.25) is 0 Å². The molecule has 1 heterocycles. The van der Waals surface area contributed by atoms with Gasteiger partial charge in [-0.1, -0.05) is 0 Å². The van der Waals surface area contributed by atoms with Crippen molar-refractivity contribution in [1.82, 2.24) is 7.96 Å². The number of carbonyl (C=O) groups excluding carboxylic acids is 1. The van der Waals surface area contributed by atoms with Gasteiger partial charge >= 0.3 is 108 Å². The number of ether oxygens (including phenoxy) is 1. The van der Waals surface area contributed by atoms with Crippen molar-refractivity contribution in [1.29, 1.82) is 0 Å². The van der Waals surface area contributed by atoms with Gasteiger partial charge in [0.15, 0.2) is 0 Å². The summed E-state index contributed by atoms with van der Waals surface area (Å²) in [5.74, 6) is -1.53. The van der Waals surface area contributed by atoms with Crippen LogP contribution >= 0.6 is 0 Å². The summed E-state index contributed by atoms with van der Waals surface area (Å²) in [5, 5.41) is 11.0. The van der Waals surface area contributed by atoms with Gasteiger partial charge in [0.25, 0.3) is 0 Å². The van der Waals surface area contributed by atoms with Gasteiger partial charge in [-0.2, -0.15) is 0 Å². The Morgan fingerprint density at radius 1 is 1.33 bits per heavy atom. The molecule has 1 aromatic carbocycles. The van der Waals surface area contributed by atoms with Crippen LogP contribution in [-0.2, 0) is 14.3 Å². The molecule has 0 unspecified atom stereocenters. The molecule has 2 rings (SSSR count). The quantitative estimate of drug-likeness (QED) is 0.737. The summed E-state index contributed by atoms with van der Waals surface area (Å²) >= 11 is -0.164. The number of fused-ring (bicyclic) bond motifs is 1. The van der Waals surface area contributed by atoms with Crippen molar-refractivity contribution < 1.29 is 19.4 Å². The van der Waals surface area contributed by atoms with Crippen LogP contribution in [0, 0.1) is 0 Å². The van der Waals surface area contributed by atoms with Gasteiger partial charge in [0.1, 0.15) is 0 Å². The van der Waals surface area contributed by atoms with E-state index >= 15 is 0 Å². The zero-order valence-corrected chi connectivity index (χ0v) is 10.8. The van der Waals surface area contributed by atoms with E-state index < -0.39 is 18.5 Å². The Morgan fingerprint density at radius 2 is 2.17 bits per heavy atom. The standard InChI is InChI=1S/C10H9N3O4Se/c14-8(4-17-5-9(15)16)11-6-2-1-3-7-10(6)13-18-12-7/h1-3H,4-5H2,(H,11,14)(H,15,16). The predicted octanol–water partition coefficient (Wildman–Crippen LogP) is -0.274. The molecule has 0 spiro atoms. The van der Waals surface area contributed by atoms with Crippen LogP contribution in [0.15, 0.2) is 18.2 Å². The van der Waals surface area contributed by atoms with Crippen molar-refractivity contribution in [3.8, 4) is 0 Å². The third-order valence-electron chi connectivity index (χ3n) is 2.02. The van der Waals surface area contributed by atoms with E-state index in [0.717, 1.165) is 5.52 Å². The summed E-state index contributed by atoms with van der Waals surface area (Å²) in [7, 11) is 0. The molecule has 0 fully saturated rings. The van der Waals surface area contributed by atoms with Crippen LogP contribution in [0.3, 0.4) is 0 Å². The van der Waals surface area contributed by atoms with E-state index in [1.807, 2.05) is 6.07 Å². The van der Waals surface area contributed by atoms with E-state index in [2.05, 4.69) is 18.0 Å². The summed E-state index contributed by atoms with van der Waals surface area (Å²) in [6, 6.07) is 5.31. The van der Waals surface area contributed by atoms with E-state index in [1.165, 1.54) is 0 Å². The maximum atomic E-state index is 11.5. The molecule has 0 saturated heterocycles. The van der Waals surface area contributed by atoms with Crippen molar-refractivity contribution in [2.75, 3.05) is 18.5 Å². The van der Waals surface area contributed by atoms with Crippen molar-refractivity contribution in [3.63, 3.8) is 0 Å². The first-order valence-corrected chi connectivity index (χ1v) is 6.50.